The Labute approximate surface area is 132 Å². The fourth-order valence-corrected chi connectivity index (χ4v) is 3.46. The number of piperidine rings is 1. The average Bonchev–Trinajstić information content (AvgIpc) is 2.57. The maximum absolute atomic E-state index is 14.0. The highest BCUT2D eigenvalue weighted by molar-refractivity contribution is 5.52. The fraction of sp³-hybridized carbons (Fsp3) is 0.647. The molecule has 0 aliphatic carbocycles. The van der Waals surface area contributed by atoms with Crippen molar-refractivity contribution in [2.75, 3.05) is 57.8 Å². The van der Waals surface area contributed by atoms with Gasteiger partial charge in [-0.3, -0.25) is 4.90 Å². The maximum Gasteiger partial charge on any atom is 0.146 e. The van der Waals surface area contributed by atoms with Crippen molar-refractivity contribution in [1.29, 1.82) is 0 Å². The predicted molar refractivity (Wildman–Crippen MR) is 87.2 cm³/mol. The lowest BCUT2D eigenvalue weighted by Gasteiger charge is -2.38. The van der Waals surface area contributed by atoms with Crippen LogP contribution in [0.25, 0.3) is 0 Å². The molecule has 2 aliphatic heterocycles. The van der Waals surface area contributed by atoms with Crippen LogP contribution in [0, 0.1) is 11.7 Å². The molecule has 5 heteroatoms. The SMILES string of the molecule is COc1ccc(F)c(N2CCN(CC3CCNCC3)CC2)c1. The zero-order chi connectivity index (χ0) is 15.4. The van der Waals surface area contributed by atoms with Gasteiger partial charge in [-0.05, 0) is 44.0 Å². The number of rotatable bonds is 4. The molecule has 0 spiro atoms. The van der Waals surface area contributed by atoms with Crippen LogP contribution in [-0.4, -0.2) is 57.8 Å². The molecule has 0 radical (unpaired) electrons. The molecule has 22 heavy (non-hydrogen) atoms. The van der Waals surface area contributed by atoms with Crippen molar-refractivity contribution in [3.05, 3.63) is 24.0 Å². The second-order valence-corrected chi connectivity index (χ2v) is 6.30. The van der Waals surface area contributed by atoms with E-state index in [1.807, 2.05) is 0 Å². The van der Waals surface area contributed by atoms with Crippen molar-refractivity contribution in [1.82, 2.24) is 10.2 Å². The Hall–Kier alpha value is -1.33. The topological polar surface area (TPSA) is 27.7 Å². The number of piperazine rings is 1. The molecule has 2 heterocycles. The van der Waals surface area contributed by atoms with E-state index in [4.69, 9.17) is 4.74 Å². The summed E-state index contributed by atoms with van der Waals surface area (Å²) in [6.07, 6.45) is 2.56. The summed E-state index contributed by atoms with van der Waals surface area (Å²) in [6.45, 7) is 7.29. The van der Waals surface area contributed by atoms with Crippen LogP contribution >= 0.6 is 0 Å². The first-order valence-electron chi connectivity index (χ1n) is 8.28. The minimum absolute atomic E-state index is 0.160. The van der Waals surface area contributed by atoms with E-state index < -0.39 is 0 Å². The number of ether oxygens (including phenoxy) is 1. The number of nitrogens with one attached hydrogen (secondary N) is 1. The van der Waals surface area contributed by atoms with Crippen LogP contribution in [0.3, 0.4) is 0 Å². The highest BCUT2D eigenvalue weighted by Crippen LogP contribution is 2.26. The van der Waals surface area contributed by atoms with Crippen LogP contribution in [0.5, 0.6) is 5.75 Å². The summed E-state index contributed by atoms with van der Waals surface area (Å²) in [7, 11) is 1.62. The number of nitrogens with zero attached hydrogens (tertiary/aromatic N) is 2. The Morgan fingerprint density at radius 2 is 1.91 bits per heavy atom. The van der Waals surface area contributed by atoms with Crippen molar-refractivity contribution in [3.63, 3.8) is 0 Å². The molecule has 0 saturated carbocycles. The summed E-state index contributed by atoms with van der Waals surface area (Å²) in [6, 6.07) is 4.97. The average molecular weight is 307 g/mol. The Morgan fingerprint density at radius 1 is 1.18 bits per heavy atom. The minimum Gasteiger partial charge on any atom is -0.497 e. The number of anilines is 1. The molecule has 2 aliphatic rings. The number of hydrogen-bond acceptors (Lipinski definition) is 4. The Morgan fingerprint density at radius 3 is 2.59 bits per heavy atom. The third kappa shape index (κ3) is 3.70. The molecular weight excluding hydrogens is 281 g/mol. The van der Waals surface area contributed by atoms with Gasteiger partial charge in [0.25, 0.3) is 0 Å². The molecule has 2 fully saturated rings. The Kier molecular flexibility index (Phi) is 5.16. The molecule has 0 atom stereocenters. The lowest BCUT2D eigenvalue weighted by Crippen LogP contribution is -2.48. The molecule has 3 rings (SSSR count). The lowest BCUT2D eigenvalue weighted by atomic mass is 9.97. The molecule has 0 amide bonds. The summed E-state index contributed by atoms with van der Waals surface area (Å²) in [5.41, 5.74) is 0.667. The van der Waals surface area contributed by atoms with Crippen LogP contribution in [0.2, 0.25) is 0 Å². The van der Waals surface area contributed by atoms with Crippen molar-refractivity contribution in [3.8, 4) is 5.75 Å². The lowest BCUT2D eigenvalue weighted by molar-refractivity contribution is 0.196. The predicted octanol–water partition coefficient (Wildman–Crippen LogP) is 1.96. The molecule has 1 N–H and O–H groups in total. The first-order valence-corrected chi connectivity index (χ1v) is 8.28. The van der Waals surface area contributed by atoms with Gasteiger partial charge in [-0.25, -0.2) is 4.39 Å². The van der Waals surface area contributed by atoms with E-state index in [-0.39, 0.29) is 5.82 Å². The number of halogens is 1. The van der Waals surface area contributed by atoms with Gasteiger partial charge in [0.2, 0.25) is 0 Å². The standard InChI is InChI=1S/C17H26FN3O/c1-22-15-2-3-16(18)17(12-15)21-10-8-20(9-11-21)13-14-4-6-19-7-5-14/h2-3,12,14,19H,4-11,13H2,1H3. The summed E-state index contributed by atoms with van der Waals surface area (Å²) in [5.74, 6) is 1.38. The van der Waals surface area contributed by atoms with Crippen LogP contribution in [0.15, 0.2) is 18.2 Å². The van der Waals surface area contributed by atoms with E-state index >= 15 is 0 Å². The van der Waals surface area contributed by atoms with E-state index in [0.717, 1.165) is 45.2 Å². The van der Waals surface area contributed by atoms with Crippen molar-refractivity contribution in [2.45, 2.75) is 12.8 Å². The van der Waals surface area contributed by atoms with E-state index in [1.165, 1.54) is 25.5 Å². The molecule has 2 saturated heterocycles. The maximum atomic E-state index is 14.0. The second kappa shape index (κ2) is 7.29. The molecule has 122 valence electrons. The number of benzene rings is 1. The zero-order valence-corrected chi connectivity index (χ0v) is 13.4. The quantitative estimate of drug-likeness (QED) is 0.920. The largest absolute Gasteiger partial charge is 0.497 e. The van der Waals surface area contributed by atoms with Crippen LogP contribution in [0.4, 0.5) is 10.1 Å². The smallest absolute Gasteiger partial charge is 0.146 e. The molecule has 4 nitrogen and oxygen atoms in total. The minimum atomic E-state index is -0.160. The molecule has 0 bridgehead atoms. The van der Waals surface area contributed by atoms with E-state index in [0.29, 0.717) is 11.4 Å². The van der Waals surface area contributed by atoms with Gasteiger partial charge in [-0.1, -0.05) is 0 Å². The normalized spacial score (nSPS) is 21.1. The van der Waals surface area contributed by atoms with Gasteiger partial charge in [0, 0.05) is 38.8 Å². The zero-order valence-electron chi connectivity index (χ0n) is 13.4. The van der Waals surface area contributed by atoms with Crippen molar-refractivity contribution < 1.29 is 9.13 Å². The van der Waals surface area contributed by atoms with Gasteiger partial charge in [-0.2, -0.15) is 0 Å². The van der Waals surface area contributed by atoms with Crippen molar-refractivity contribution in [2.24, 2.45) is 5.92 Å². The summed E-state index contributed by atoms with van der Waals surface area (Å²) < 4.78 is 19.3. The number of methoxy groups -OCH3 is 1. The van der Waals surface area contributed by atoms with Gasteiger partial charge in [-0.15, -0.1) is 0 Å². The second-order valence-electron chi connectivity index (χ2n) is 6.30. The van der Waals surface area contributed by atoms with E-state index in [9.17, 15) is 4.39 Å². The van der Waals surface area contributed by atoms with Crippen LogP contribution < -0.4 is 15.0 Å². The fourth-order valence-electron chi connectivity index (χ4n) is 3.46. The Bertz CT molecular complexity index is 483. The van der Waals surface area contributed by atoms with Crippen molar-refractivity contribution >= 4 is 5.69 Å². The highest BCUT2D eigenvalue weighted by Gasteiger charge is 2.23. The molecule has 1 aromatic carbocycles. The molecule has 0 aromatic heterocycles. The van der Waals surface area contributed by atoms with Gasteiger partial charge < -0.3 is 15.0 Å². The summed E-state index contributed by atoms with van der Waals surface area (Å²) in [4.78, 5) is 4.67. The third-order valence-corrected chi connectivity index (χ3v) is 4.84. The monoisotopic (exact) mass is 307 g/mol. The third-order valence-electron chi connectivity index (χ3n) is 4.84. The number of hydrogen-bond donors (Lipinski definition) is 1. The van der Waals surface area contributed by atoms with Gasteiger partial charge >= 0.3 is 0 Å². The first kappa shape index (κ1) is 15.6. The van der Waals surface area contributed by atoms with Gasteiger partial charge in [0.15, 0.2) is 0 Å². The summed E-state index contributed by atoms with van der Waals surface area (Å²) in [5, 5.41) is 3.42. The van der Waals surface area contributed by atoms with Crippen LogP contribution in [-0.2, 0) is 0 Å². The highest BCUT2D eigenvalue weighted by atomic mass is 19.1. The molecule has 0 unspecified atom stereocenters. The first-order chi connectivity index (χ1) is 10.8. The van der Waals surface area contributed by atoms with Crippen LogP contribution in [0.1, 0.15) is 12.8 Å². The van der Waals surface area contributed by atoms with Gasteiger partial charge in [0.05, 0.1) is 12.8 Å². The molecular formula is C17H26FN3O. The molecule has 1 aromatic rings. The van der Waals surface area contributed by atoms with E-state index in [1.54, 1.807) is 19.2 Å². The summed E-state index contributed by atoms with van der Waals surface area (Å²) >= 11 is 0. The Balaban J connectivity index is 1.55. The van der Waals surface area contributed by atoms with E-state index in [2.05, 4.69) is 15.1 Å². The van der Waals surface area contributed by atoms with Gasteiger partial charge in [0.1, 0.15) is 11.6 Å².